The molecule has 1 unspecified atom stereocenters. The first-order valence-corrected chi connectivity index (χ1v) is 7.06. The number of carbonyl (C=O) groups is 2. The van der Waals surface area contributed by atoms with Crippen molar-refractivity contribution in [2.75, 3.05) is 12.4 Å². The van der Waals surface area contributed by atoms with Crippen LogP contribution in [0.15, 0.2) is 30.3 Å². The first kappa shape index (κ1) is 13.7. The quantitative estimate of drug-likeness (QED) is 0.605. The molecule has 1 atom stereocenters. The van der Waals surface area contributed by atoms with Gasteiger partial charge in [0, 0.05) is 0 Å². The van der Waals surface area contributed by atoms with Gasteiger partial charge in [0.2, 0.25) is 5.91 Å². The van der Waals surface area contributed by atoms with Crippen molar-refractivity contribution in [2.24, 2.45) is 0 Å². The molecule has 2 N–H and O–H groups in total. The van der Waals surface area contributed by atoms with Crippen LogP contribution in [0.5, 0.6) is 5.75 Å². The number of carbonyl (C=O) groups excluding carboxylic acids is 2. The highest BCUT2D eigenvalue weighted by atomic mass is 32.2. The van der Waals surface area contributed by atoms with Crippen LogP contribution in [-0.2, 0) is 9.59 Å². The van der Waals surface area contributed by atoms with Crippen molar-refractivity contribution < 1.29 is 14.3 Å². The Labute approximate surface area is 116 Å². The van der Waals surface area contributed by atoms with Gasteiger partial charge in [-0.15, -0.1) is 11.8 Å². The summed E-state index contributed by atoms with van der Waals surface area (Å²) in [6, 6.07) is 9.13. The van der Waals surface area contributed by atoms with Crippen molar-refractivity contribution in [1.82, 2.24) is 10.6 Å². The third kappa shape index (κ3) is 3.64. The fourth-order valence-electron chi connectivity index (χ4n) is 1.80. The average molecular weight is 280 g/mol. The number of hydrogen-bond acceptors (Lipinski definition) is 4. The molecular weight excluding hydrogens is 264 g/mol. The van der Waals surface area contributed by atoms with E-state index in [1.807, 2.05) is 25.1 Å². The van der Waals surface area contributed by atoms with Gasteiger partial charge in [-0.05, 0) is 17.9 Å². The molecule has 1 saturated heterocycles. The Hall–Kier alpha value is -1.69. The minimum absolute atomic E-state index is 0.0507. The van der Waals surface area contributed by atoms with Crippen LogP contribution >= 0.6 is 11.8 Å². The third-order valence-electron chi connectivity index (χ3n) is 2.60. The van der Waals surface area contributed by atoms with Gasteiger partial charge < -0.3 is 15.4 Å². The number of para-hydroxylation sites is 1. The molecule has 0 aromatic heterocycles. The second-order valence-electron chi connectivity index (χ2n) is 4.13. The van der Waals surface area contributed by atoms with E-state index in [4.69, 9.17) is 4.74 Å². The summed E-state index contributed by atoms with van der Waals surface area (Å²) in [6.45, 7) is 1.91. The van der Waals surface area contributed by atoms with E-state index in [9.17, 15) is 9.59 Å². The zero-order valence-corrected chi connectivity index (χ0v) is 11.5. The highest BCUT2D eigenvalue weighted by Crippen LogP contribution is 2.29. The fourth-order valence-corrected chi connectivity index (χ4v) is 2.90. The molecule has 2 amide bonds. The van der Waals surface area contributed by atoms with Gasteiger partial charge in [-0.25, -0.2) is 0 Å². The van der Waals surface area contributed by atoms with Crippen LogP contribution in [0.3, 0.4) is 0 Å². The summed E-state index contributed by atoms with van der Waals surface area (Å²) in [6.07, 6.45) is 0.308. The molecule has 1 fully saturated rings. The van der Waals surface area contributed by atoms with Crippen LogP contribution in [0, 0.1) is 0 Å². The van der Waals surface area contributed by atoms with Crippen molar-refractivity contribution in [3.05, 3.63) is 30.3 Å². The number of β-lactam (4-membered cyclic amide) rings is 1. The van der Waals surface area contributed by atoms with Gasteiger partial charge in [-0.1, -0.05) is 25.1 Å². The minimum atomic E-state index is -0.650. The van der Waals surface area contributed by atoms with Crippen LogP contribution in [0.1, 0.15) is 13.3 Å². The molecule has 0 aliphatic carbocycles. The van der Waals surface area contributed by atoms with E-state index in [-0.39, 0.29) is 18.4 Å². The van der Waals surface area contributed by atoms with E-state index in [1.54, 1.807) is 12.1 Å². The molecule has 1 aromatic carbocycles. The Bertz CT molecular complexity index is 456. The van der Waals surface area contributed by atoms with Crippen molar-refractivity contribution in [1.29, 1.82) is 0 Å². The molecule has 2 rings (SSSR count). The largest absolute Gasteiger partial charge is 0.484 e. The standard InChI is InChI=1S/C13H16N2O3S/c1-2-19-13(8-11(16)14-13)15-12(17)9-18-10-6-4-3-5-7-10/h3-7H,2,8-9H2,1H3,(H,14,16)(H,15,17). The molecule has 1 aliphatic rings. The molecule has 1 heterocycles. The van der Waals surface area contributed by atoms with Gasteiger partial charge in [0.05, 0.1) is 6.42 Å². The van der Waals surface area contributed by atoms with Gasteiger partial charge in [-0.2, -0.15) is 0 Å². The highest BCUT2D eigenvalue weighted by molar-refractivity contribution is 8.00. The number of hydrogen-bond donors (Lipinski definition) is 2. The normalized spacial score (nSPS) is 21.2. The van der Waals surface area contributed by atoms with Crippen LogP contribution in [-0.4, -0.2) is 29.2 Å². The third-order valence-corrected chi connectivity index (χ3v) is 3.73. The number of benzene rings is 1. The Balaban J connectivity index is 1.82. The van der Waals surface area contributed by atoms with E-state index in [1.165, 1.54) is 11.8 Å². The maximum Gasteiger partial charge on any atom is 0.260 e. The Morgan fingerprint density at radius 1 is 1.47 bits per heavy atom. The first-order valence-electron chi connectivity index (χ1n) is 6.07. The molecule has 102 valence electrons. The number of ether oxygens (including phenoxy) is 1. The van der Waals surface area contributed by atoms with E-state index < -0.39 is 4.99 Å². The van der Waals surface area contributed by atoms with Crippen LogP contribution < -0.4 is 15.4 Å². The summed E-state index contributed by atoms with van der Waals surface area (Å²) in [5.41, 5.74) is 0. The lowest BCUT2D eigenvalue weighted by Gasteiger charge is -2.41. The predicted molar refractivity (Wildman–Crippen MR) is 73.7 cm³/mol. The average Bonchev–Trinajstić information content (AvgIpc) is 2.36. The maximum absolute atomic E-state index is 11.8. The summed E-state index contributed by atoms with van der Waals surface area (Å²) in [7, 11) is 0. The van der Waals surface area contributed by atoms with Crippen LogP contribution in [0.25, 0.3) is 0 Å². The molecule has 1 aliphatic heterocycles. The lowest BCUT2D eigenvalue weighted by molar-refractivity contribution is -0.133. The molecule has 5 nitrogen and oxygen atoms in total. The van der Waals surface area contributed by atoms with Crippen molar-refractivity contribution in [2.45, 2.75) is 18.3 Å². The summed E-state index contributed by atoms with van der Waals surface area (Å²) < 4.78 is 5.35. The van der Waals surface area contributed by atoms with Gasteiger partial charge in [0.15, 0.2) is 11.6 Å². The van der Waals surface area contributed by atoms with Gasteiger partial charge >= 0.3 is 0 Å². The number of amides is 2. The van der Waals surface area contributed by atoms with Crippen molar-refractivity contribution in [3.63, 3.8) is 0 Å². The monoisotopic (exact) mass is 280 g/mol. The topological polar surface area (TPSA) is 67.4 Å². The molecule has 1 aromatic rings. The summed E-state index contributed by atoms with van der Waals surface area (Å²) in [4.78, 5) is 22.2. The summed E-state index contributed by atoms with van der Waals surface area (Å²) >= 11 is 1.50. The Kier molecular flexibility index (Phi) is 4.31. The molecule has 0 radical (unpaired) electrons. The molecule has 19 heavy (non-hydrogen) atoms. The summed E-state index contributed by atoms with van der Waals surface area (Å²) in [5.74, 6) is 1.16. The lowest BCUT2D eigenvalue weighted by atomic mass is 10.2. The lowest BCUT2D eigenvalue weighted by Crippen LogP contribution is -2.68. The Morgan fingerprint density at radius 2 is 2.16 bits per heavy atom. The van der Waals surface area contributed by atoms with Crippen molar-refractivity contribution in [3.8, 4) is 5.75 Å². The molecule has 0 saturated carbocycles. The fraction of sp³-hybridized carbons (Fsp3) is 0.385. The van der Waals surface area contributed by atoms with Gasteiger partial charge in [0.1, 0.15) is 5.75 Å². The molecule has 0 bridgehead atoms. The maximum atomic E-state index is 11.8. The second kappa shape index (κ2) is 5.97. The van der Waals surface area contributed by atoms with E-state index in [0.717, 1.165) is 5.75 Å². The minimum Gasteiger partial charge on any atom is -0.484 e. The summed E-state index contributed by atoms with van der Waals surface area (Å²) in [5, 5.41) is 5.52. The highest BCUT2D eigenvalue weighted by Gasteiger charge is 2.44. The number of nitrogens with one attached hydrogen (secondary N) is 2. The molecule has 0 spiro atoms. The number of thioether (sulfide) groups is 1. The smallest absolute Gasteiger partial charge is 0.260 e. The van der Waals surface area contributed by atoms with E-state index in [0.29, 0.717) is 12.2 Å². The van der Waals surface area contributed by atoms with Gasteiger partial charge in [-0.3, -0.25) is 9.59 Å². The molecule has 6 heteroatoms. The zero-order chi connectivity index (χ0) is 13.7. The van der Waals surface area contributed by atoms with Gasteiger partial charge in [0.25, 0.3) is 5.91 Å². The van der Waals surface area contributed by atoms with E-state index >= 15 is 0 Å². The number of rotatable bonds is 6. The molecular formula is C13H16N2O3S. The second-order valence-corrected chi connectivity index (χ2v) is 5.70. The Morgan fingerprint density at radius 3 is 2.74 bits per heavy atom. The van der Waals surface area contributed by atoms with Crippen molar-refractivity contribution >= 4 is 23.6 Å². The first-order chi connectivity index (χ1) is 9.13. The SMILES string of the molecule is CCSC1(NC(=O)COc2ccccc2)CC(=O)N1. The van der Waals surface area contributed by atoms with Crippen LogP contribution in [0.4, 0.5) is 0 Å². The van der Waals surface area contributed by atoms with Crippen LogP contribution in [0.2, 0.25) is 0 Å². The predicted octanol–water partition coefficient (Wildman–Crippen LogP) is 1.11. The van der Waals surface area contributed by atoms with E-state index in [2.05, 4.69) is 10.6 Å². The zero-order valence-electron chi connectivity index (χ0n) is 10.6.